The molecule has 0 unspecified atom stereocenters. The number of esters is 1. The number of nitrogens with zero attached hydrogens (tertiary/aromatic N) is 2. The summed E-state index contributed by atoms with van der Waals surface area (Å²) in [5.74, 6) is -1.00. The van der Waals surface area contributed by atoms with Crippen LogP contribution in [0.5, 0.6) is 5.75 Å². The van der Waals surface area contributed by atoms with Gasteiger partial charge >= 0.3 is 5.97 Å². The lowest BCUT2D eigenvalue weighted by atomic mass is 10.3. The molecule has 0 saturated heterocycles. The van der Waals surface area contributed by atoms with E-state index >= 15 is 0 Å². The van der Waals surface area contributed by atoms with E-state index in [0.29, 0.717) is 10.6 Å². The monoisotopic (exact) mass is 452 g/mol. The summed E-state index contributed by atoms with van der Waals surface area (Å²) in [4.78, 5) is 28.4. The Balaban J connectivity index is 1.88. The zero-order valence-electron chi connectivity index (χ0n) is 14.1. The molecule has 3 rings (SSSR count). The number of amides is 1. The summed E-state index contributed by atoms with van der Waals surface area (Å²) >= 11 is 4.67. The molecule has 0 aliphatic heterocycles. The fourth-order valence-corrected chi connectivity index (χ4v) is 3.89. The number of thiazole rings is 1. The molecule has 0 spiro atoms. The molecular weight excluding hydrogens is 439 g/mol. The van der Waals surface area contributed by atoms with Crippen molar-refractivity contribution in [2.24, 2.45) is 4.99 Å². The van der Waals surface area contributed by atoms with Crippen LogP contribution in [0.25, 0.3) is 10.2 Å². The highest BCUT2D eigenvalue weighted by atomic mass is 79.9. The highest BCUT2D eigenvalue weighted by Gasteiger charge is 2.12. The highest BCUT2D eigenvalue weighted by Crippen LogP contribution is 2.22. The van der Waals surface area contributed by atoms with Gasteiger partial charge in [0.25, 0.3) is 5.91 Å². The Bertz CT molecular complexity index is 1060. The first-order valence-corrected chi connectivity index (χ1v) is 9.39. The summed E-state index contributed by atoms with van der Waals surface area (Å²) in [5.41, 5.74) is 0.764. The number of hydrogen-bond donors (Lipinski definition) is 0. The van der Waals surface area contributed by atoms with Gasteiger partial charge in [-0.3, -0.25) is 9.59 Å². The van der Waals surface area contributed by atoms with Crippen LogP contribution in [-0.2, 0) is 20.9 Å². The molecular formula is C18H14BrFN2O4S. The van der Waals surface area contributed by atoms with Gasteiger partial charge in [0.1, 0.15) is 18.1 Å². The van der Waals surface area contributed by atoms with Crippen LogP contribution in [-0.4, -0.2) is 30.2 Å². The minimum atomic E-state index is -0.524. The topological polar surface area (TPSA) is 69.9 Å². The Kier molecular flexibility index (Phi) is 6.02. The second kappa shape index (κ2) is 8.45. The lowest BCUT2D eigenvalue weighted by molar-refractivity contribution is -0.141. The maximum absolute atomic E-state index is 12.9. The van der Waals surface area contributed by atoms with Gasteiger partial charge in [0.2, 0.25) is 0 Å². The number of carbonyl (C=O) groups excluding carboxylic acids is 2. The molecule has 2 aromatic carbocycles. The van der Waals surface area contributed by atoms with E-state index in [1.54, 1.807) is 4.57 Å². The van der Waals surface area contributed by atoms with E-state index in [9.17, 15) is 14.0 Å². The number of benzene rings is 2. The molecule has 0 atom stereocenters. The van der Waals surface area contributed by atoms with E-state index in [0.717, 1.165) is 14.7 Å². The van der Waals surface area contributed by atoms with Gasteiger partial charge in [-0.1, -0.05) is 27.3 Å². The van der Waals surface area contributed by atoms with Crippen molar-refractivity contribution in [3.8, 4) is 5.75 Å². The van der Waals surface area contributed by atoms with Gasteiger partial charge in [-0.15, -0.1) is 0 Å². The van der Waals surface area contributed by atoms with Crippen molar-refractivity contribution >= 4 is 49.4 Å². The van der Waals surface area contributed by atoms with Crippen molar-refractivity contribution in [2.75, 3.05) is 13.7 Å². The lowest BCUT2D eigenvalue weighted by Gasteiger charge is -2.04. The van der Waals surface area contributed by atoms with Crippen molar-refractivity contribution in [3.05, 3.63) is 57.6 Å². The molecule has 3 aromatic rings. The third-order valence-corrected chi connectivity index (χ3v) is 5.09. The third-order valence-electron chi connectivity index (χ3n) is 3.56. The molecule has 9 heteroatoms. The molecule has 1 heterocycles. The highest BCUT2D eigenvalue weighted by molar-refractivity contribution is 9.10. The van der Waals surface area contributed by atoms with Gasteiger partial charge in [-0.05, 0) is 42.5 Å². The van der Waals surface area contributed by atoms with E-state index in [-0.39, 0.29) is 13.2 Å². The standard InChI is InChI=1S/C18H14BrFN2O4S/c1-25-17(24)9-22-14-7-2-11(19)8-15(14)27-18(22)21-16(23)10-26-13-5-3-12(20)4-6-13/h2-8H,9-10H2,1H3. The number of hydrogen-bond acceptors (Lipinski definition) is 5. The molecule has 27 heavy (non-hydrogen) atoms. The number of aromatic nitrogens is 1. The Morgan fingerprint density at radius 2 is 1.96 bits per heavy atom. The first-order chi connectivity index (χ1) is 13.0. The number of methoxy groups -OCH3 is 1. The quantitative estimate of drug-likeness (QED) is 0.557. The predicted octanol–water partition coefficient (Wildman–Crippen LogP) is 3.28. The molecule has 1 aromatic heterocycles. The normalized spacial score (nSPS) is 11.6. The Morgan fingerprint density at radius 1 is 1.22 bits per heavy atom. The molecule has 0 radical (unpaired) electrons. The Hall–Kier alpha value is -2.52. The number of halogens is 2. The van der Waals surface area contributed by atoms with Crippen molar-refractivity contribution in [1.29, 1.82) is 0 Å². The van der Waals surface area contributed by atoms with E-state index < -0.39 is 17.7 Å². The van der Waals surface area contributed by atoms with Crippen molar-refractivity contribution in [1.82, 2.24) is 4.57 Å². The number of carbonyl (C=O) groups is 2. The van der Waals surface area contributed by atoms with E-state index in [1.165, 1.54) is 42.7 Å². The second-order valence-electron chi connectivity index (χ2n) is 5.41. The predicted molar refractivity (Wildman–Crippen MR) is 102 cm³/mol. The van der Waals surface area contributed by atoms with E-state index in [1.807, 2.05) is 18.2 Å². The second-order valence-corrected chi connectivity index (χ2v) is 7.33. The number of fused-ring (bicyclic) bond motifs is 1. The number of rotatable bonds is 5. The SMILES string of the molecule is COC(=O)Cn1c(=NC(=O)COc2ccc(F)cc2)sc2cc(Br)ccc21. The molecule has 1 amide bonds. The van der Waals surface area contributed by atoms with Crippen molar-refractivity contribution < 1.29 is 23.5 Å². The Labute approximate surface area is 166 Å². The van der Waals surface area contributed by atoms with Gasteiger partial charge < -0.3 is 14.0 Å². The summed E-state index contributed by atoms with van der Waals surface area (Å²) in [6.07, 6.45) is 0. The summed E-state index contributed by atoms with van der Waals surface area (Å²) in [7, 11) is 1.30. The molecule has 0 saturated carbocycles. The van der Waals surface area contributed by atoms with E-state index in [4.69, 9.17) is 9.47 Å². The zero-order chi connectivity index (χ0) is 19.4. The molecule has 0 aliphatic rings. The largest absolute Gasteiger partial charge is 0.484 e. The average molecular weight is 453 g/mol. The third kappa shape index (κ3) is 4.81. The Morgan fingerprint density at radius 3 is 2.67 bits per heavy atom. The van der Waals surface area contributed by atoms with E-state index in [2.05, 4.69) is 20.9 Å². The first kappa shape index (κ1) is 19.2. The van der Waals surface area contributed by atoms with Crippen LogP contribution in [0.15, 0.2) is 51.9 Å². The van der Waals surface area contributed by atoms with Crippen molar-refractivity contribution in [3.63, 3.8) is 0 Å². The van der Waals surface area contributed by atoms with Crippen LogP contribution < -0.4 is 9.54 Å². The first-order valence-electron chi connectivity index (χ1n) is 7.78. The lowest BCUT2D eigenvalue weighted by Crippen LogP contribution is -2.23. The molecule has 6 nitrogen and oxygen atoms in total. The summed E-state index contributed by atoms with van der Waals surface area (Å²) in [6.45, 7) is -0.370. The summed E-state index contributed by atoms with van der Waals surface area (Å²) in [6, 6.07) is 10.9. The zero-order valence-corrected chi connectivity index (χ0v) is 16.5. The number of ether oxygens (including phenoxy) is 2. The van der Waals surface area contributed by atoms with Crippen LogP contribution in [0.4, 0.5) is 4.39 Å². The van der Waals surface area contributed by atoms with Gasteiger partial charge in [-0.25, -0.2) is 4.39 Å². The maximum Gasteiger partial charge on any atom is 0.325 e. The van der Waals surface area contributed by atoms with Crippen molar-refractivity contribution in [2.45, 2.75) is 6.54 Å². The van der Waals surface area contributed by atoms with Crippen LogP contribution >= 0.6 is 27.3 Å². The molecule has 0 aliphatic carbocycles. The van der Waals surface area contributed by atoms with Crippen LogP contribution in [0.3, 0.4) is 0 Å². The average Bonchev–Trinajstić information content (AvgIpc) is 2.97. The fraction of sp³-hybridized carbons (Fsp3) is 0.167. The summed E-state index contributed by atoms with van der Waals surface area (Å²) < 4.78 is 26.3. The smallest absolute Gasteiger partial charge is 0.325 e. The summed E-state index contributed by atoms with van der Waals surface area (Å²) in [5, 5.41) is 0. The minimum absolute atomic E-state index is 0.0664. The molecule has 140 valence electrons. The fourth-order valence-electron chi connectivity index (χ4n) is 2.29. The molecule has 0 bridgehead atoms. The molecule has 0 N–H and O–H groups in total. The molecule has 0 fully saturated rings. The minimum Gasteiger partial charge on any atom is -0.484 e. The van der Waals surface area contributed by atoms with Gasteiger partial charge in [-0.2, -0.15) is 4.99 Å². The van der Waals surface area contributed by atoms with Crippen LogP contribution in [0, 0.1) is 5.82 Å². The van der Waals surface area contributed by atoms with Crippen LogP contribution in [0.1, 0.15) is 0 Å². The van der Waals surface area contributed by atoms with Gasteiger partial charge in [0.05, 0.1) is 17.3 Å². The van der Waals surface area contributed by atoms with Crippen LogP contribution in [0.2, 0.25) is 0 Å². The maximum atomic E-state index is 12.9. The van der Waals surface area contributed by atoms with Gasteiger partial charge in [0.15, 0.2) is 11.4 Å². The van der Waals surface area contributed by atoms with Gasteiger partial charge in [0, 0.05) is 4.47 Å².